The number of amides is 1. The van der Waals surface area contributed by atoms with Crippen LogP contribution in [0.3, 0.4) is 0 Å². The van der Waals surface area contributed by atoms with E-state index in [1.54, 1.807) is 16.7 Å². The molecule has 0 aliphatic carbocycles. The van der Waals surface area contributed by atoms with E-state index in [4.69, 9.17) is 0 Å². The monoisotopic (exact) mass is 458 g/mol. The van der Waals surface area contributed by atoms with Gasteiger partial charge in [-0.3, -0.25) is 24.3 Å². The SMILES string of the molecule is O=C(Cn1cnc2ccc([N+](=O)[O-])cc2c1=O)N1c2ccccc2SCC1c1ccccc1. The number of nitro benzene ring substituents is 1. The zero-order valence-electron chi connectivity index (χ0n) is 17.3. The summed E-state index contributed by atoms with van der Waals surface area (Å²) in [6.07, 6.45) is 1.32. The first kappa shape index (κ1) is 20.9. The Morgan fingerprint density at radius 3 is 2.64 bits per heavy atom. The Morgan fingerprint density at radius 1 is 1.09 bits per heavy atom. The zero-order valence-corrected chi connectivity index (χ0v) is 18.1. The molecule has 4 aromatic rings. The van der Waals surface area contributed by atoms with Crippen LogP contribution in [0.4, 0.5) is 11.4 Å². The first-order chi connectivity index (χ1) is 16.0. The topological polar surface area (TPSA) is 98.3 Å². The Kier molecular flexibility index (Phi) is 5.39. The third-order valence-electron chi connectivity index (χ3n) is 5.61. The average Bonchev–Trinajstić information content (AvgIpc) is 2.85. The number of carbonyl (C=O) groups excluding carboxylic acids is 1. The van der Waals surface area contributed by atoms with E-state index in [1.807, 2.05) is 54.6 Å². The van der Waals surface area contributed by atoms with Crippen molar-refractivity contribution in [2.75, 3.05) is 10.7 Å². The maximum atomic E-state index is 13.6. The summed E-state index contributed by atoms with van der Waals surface area (Å²) in [5, 5.41) is 11.2. The van der Waals surface area contributed by atoms with Crippen LogP contribution in [0.25, 0.3) is 10.9 Å². The molecule has 0 spiro atoms. The van der Waals surface area contributed by atoms with E-state index >= 15 is 0 Å². The molecule has 1 atom stereocenters. The Balaban J connectivity index is 1.55. The van der Waals surface area contributed by atoms with Gasteiger partial charge in [0.25, 0.3) is 11.2 Å². The Labute approximate surface area is 192 Å². The molecule has 164 valence electrons. The van der Waals surface area contributed by atoms with Crippen molar-refractivity contribution in [1.82, 2.24) is 9.55 Å². The largest absolute Gasteiger partial charge is 0.301 e. The standard InChI is InChI=1S/C24H18N4O4S/c29-23(13-26-15-25-19-11-10-17(28(31)32)12-18(19)24(26)30)27-20-8-4-5-9-22(20)33-14-21(27)16-6-2-1-3-7-16/h1-12,15,21H,13-14H2. The summed E-state index contributed by atoms with van der Waals surface area (Å²) in [7, 11) is 0. The summed E-state index contributed by atoms with van der Waals surface area (Å²) in [6.45, 7) is -0.229. The second kappa shape index (κ2) is 8.51. The number of hydrogen-bond donors (Lipinski definition) is 0. The molecule has 0 saturated carbocycles. The lowest BCUT2D eigenvalue weighted by atomic mass is 10.1. The molecule has 0 saturated heterocycles. The molecule has 0 radical (unpaired) electrons. The molecular formula is C24H18N4O4S. The molecule has 1 aliphatic heterocycles. The highest BCUT2D eigenvalue weighted by Crippen LogP contribution is 2.43. The van der Waals surface area contributed by atoms with Gasteiger partial charge in [-0.2, -0.15) is 0 Å². The average molecular weight is 458 g/mol. The lowest BCUT2D eigenvalue weighted by Gasteiger charge is -2.37. The fourth-order valence-corrected chi connectivity index (χ4v) is 5.18. The van der Waals surface area contributed by atoms with Crippen molar-refractivity contribution < 1.29 is 9.72 Å². The minimum absolute atomic E-state index is 0.105. The van der Waals surface area contributed by atoms with Crippen LogP contribution in [0.5, 0.6) is 0 Å². The van der Waals surface area contributed by atoms with E-state index in [0.29, 0.717) is 11.3 Å². The van der Waals surface area contributed by atoms with Crippen molar-refractivity contribution in [3.63, 3.8) is 0 Å². The third-order valence-corrected chi connectivity index (χ3v) is 6.75. The summed E-state index contributed by atoms with van der Waals surface area (Å²) in [4.78, 5) is 44.2. The lowest BCUT2D eigenvalue weighted by Crippen LogP contribution is -2.42. The van der Waals surface area contributed by atoms with Gasteiger partial charge in [0.1, 0.15) is 6.54 Å². The van der Waals surface area contributed by atoms with E-state index in [2.05, 4.69) is 4.98 Å². The van der Waals surface area contributed by atoms with Crippen molar-refractivity contribution in [2.45, 2.75) is 17.5 Å². The molecule has 5 rings (SSSR count). The van der Waals surface area contributed by atoms with Crippen LogP contribution in [0, 0.1) is 10.1 Å². The van der Waals surface area contributed by atoms with Gasteiger partial charge in [-0.25, -0.2) is 4.98 Å². The third kappa shape index (κ3) is 3.87. The summed E-state index contributed by atoms with van der Waals surface area (Å²) in [5.74, 6) is 0.425. The summed E-state index contributed by atoms with van der Waals surface area (Å²) in [6, 6.07) is 21.2. The molecule has 1 aliphatic rings. The molecule has 2 heterocycles. The molecule has 8 nitrogen and oxygen atoms in total. The highest BCUT2D eigenvalue weighted by atomic mass is 32.2. The summed E-state index contributed by atoms with van der Waals surface area (Å²) < 4.78 is 1.21. The Bertz CT molecular complexity index is 1440. The predicted molar refractivity (Wildman–Crippen MR) is 126 cm³/mol. The van der Waals surface area contributed by atoms with Gasteiger partial charge < -0.3 is 4.90 Å². The number of nitro groups is 1. The Hall–Kier alpha value is -3.98. The van der Waals surface area contributed by atoms with Crippen LogP contribution >= 0.6 is 11.8 Å². The molecule has 33 heavy (non-hydrogen) atoms. The van der Waals surface area contributed by atoms with E-state index in [1.165, 1.54) is 29.1 Å². The van der Waals surface area contributed by atoms with Crippen molar-refractivity contribution in [3.8, 4) is 0 Å². The van der Waals surface area contributed by atoms with Gasteiger partial charge in [0.2, 0.25) is 5.91 Å². The smallest absolute Gasteiger partial charge is 0.270 e. The number of non-ortho nitro benzene ring substituents is 1. The number of carbonyl (C=O) groups is 1. The van der Waals surface area contributed by atoms with Crippen molar-refractivity contribution >= 4 is 39.9 Å². The molecule has 0 N–H and O–H groups in total. The van der Waals surface area contributed by atoms with E-state index in [-0.39, 0.29) is 29.6 Å². The van der Waals surface area contributed by atoms with E-state index in [0.717, 1.165) is 16.1 Å². The normalized spacial score (nSPS) is 15.3. The highest BCUT2D eigenvalue weighted by Gasteiger charge is 2.32. The van der Waals surface area contributed by atoms with Crippen LogP contribution < -0.4 is 10.5 Å². The summed E-state index contributed by atoms with van der Waals surface area (Å²) >= 11 is 1.69. The maximum absolute atomic E-state index is 13.6. The van der Waals surface area contributed by atoms with Gasteiger partial charge >= 0.3 is 0 Å². The molecule has 1 unspecified atom stereocenters. The molecular weight excluding hydrogens is 440 g/mol. The van der Waals surface area contributed by atoms with Gasteiger partial charge in [-0.1, -0.05) is 42.5 Å². The van der Waals surface area contributed by atoms with Gasteiger partial charge in [-0.05, 0) is 23.8 Å². The number of anilines is 1. The minimum Gasteiger partial charge on any atom is -0.301 e. The fourth-order valence-electron chi connectivity index (χ4n) is 4.01. The van der Waals surface area contributed by atoms with Crippen molar-refractivity contribution in [1.29, 1.82) is 0 Å². The quantitative estimate of drug-likeness (QED) is 0.336. The van der Waals surface area contributed by atoms with Crippen LogP contribution in [-0.2, 0) is 11.3 Å². The number of hydrogen-bond acceptors (Lipinski definition) is 6. The van der Waals surface area contributed by atoms with Gasteiger partial charge in [0.15, 0.2) is 0 Å². The second-order valence-electron chi connectivity index (χ2n) is 7.61. The molecule has 3 aromatic carbocycles. The molecule has 9 heteroatoms. The lowest BCUT2D eigenvalue weighted by molar-refractivity contribution is -0.384. The van der Waals surface area contributed by atoms with Crippen LogP contribution in [-0.4, -0.2) is 26.1 Å². The Morgan fingerprint density at radius 2 is 1.85 bits per heavy atom. The zero-order chi connectivity index (χ0) is 22.9. The second-order valence-corrected chi connectivity index (χ2v) is 8.67. The maximum Gasteiger partial charge on any atom is 0.270 e. The molecule has 0 bridgehead atoms. The number of benzene rings is 3. The molecule has 1 amide bonds. The number of aromatic nitrogens is 2. The van der Waals surface area contributed by atoms with Crippen molar-refractivity contribution in [2.24, 2.45) is 0 Å². The summed E-state index contributed by atoms with van der Waals surface area (Å²) in [5.41, 5.74) is 1.46. The first-order valence-electron chi connectivity index (χ1n) is 10.3. The van der Waals surface area contributed by atoms with E-state index in [9.17, 15) is 19.7 Å². The van der Waals surface area contributed by atoms with Gasteiger partial charge in [-0.15, -0.1) is 11.8 Å². The molecule has 0 fully saturated rings. The minimum atomic E-state index is -0.561. The van der Waals surface area contributed by atoms with Gasteiger partial charge in [0.05, 0.1) is 33.9 Å². The van der Waals surface area contributed by atoms with Crippen LogP contribution in [0.15, 0.2) is 88.8 Å². The van der Waals surface area contributed by atoms with Gasteiger partial charge in [0, 0.05) is 22.8 Å². The van der Waals surface area contributed by atoms with Crippen LogP contribution in [0.2, 0.25) is 0 Å². The number of fused-ring (bicyclic) bond motifs is 2. The number of thioether (sulfide) groups is 1. The predicted octanol–water partition coefficient (Wildman–Crippen LogP) is 4.18. The number of rotatable bonds is 4. The van der Waals surface area contributed by atoms with E-state index < -0.39 is 10.5 Å². The van der Waals surface area contributed by atoms with Crippen LogP contribution in [0.1, 0.15) is 11.6 Å². The van der Waals surface area contributed by atoms with Crippen molar-refractivity contribution in [3.05, 3.63) is 105 Å². The fraction of sp³-hybridized carbons (Fsp3) is 0.125. The number of nitrogens with zero attached hydrogens (tertiary/aromatic N) is 4. The first-order valence-corrected chi connectivity index (χ1v) is 11.2. The molecule has 1 aromatic heterocycles. The number of para-hydroxylation sites is 1. The highest BCUT2D eigenvalue weighted by molar-refractivity contribution is 7.99.